The van der Waals surface area contributed by atoms with Gasteiger partial charge in [0.05, 0.1) is 0 Å². The number of hydrogen-bond donors (Lipinski definition) is 1. The Hall–Kier alpha value is -2.12. The average molecular weight is 529 g/mol. The summed E-state index contributed by atoms with van der Waals surface area (Å²) in [5.41, 5.74) is 0. The van der Waals surface area contributed by atoms with Crippen LogP contribution in [0.15, 0.2) is 0 Å². The molecule has 8 heteroatoms. The van der Waals surface area contributed by atoms with Crippen molar-refractivity contribution in [2.24, 2.45) is 0 Å². The van der Waals surface area contributed by atoms with Crippen molar-refractivity contribution < 1.29 is 38.5 Å². The van der Waals surface area contributed by atoms with Gasteiger partial charge in [-0.25, -0.2) is 0 Å². The number of ether oxygens (including phenoxy) is 3. The smallest absolute Gasteiger partial charge is 0.306 e. The van der Waals surface area contributed by atoms with Crippen LogP contribution in [0.1, 0.15) is 142 Å². The van der Waals surface area contributed by atoms with E-state index in [-0.39, 0.29) is 38.0 Å². The number of unbranched alkanes of at least 4 members (excludes halogenated alkanes) is 13. The zero-order chi connectivity index (χ0) is 27.6. The predicted octanol–water partition coefficient (Wildman–Crippen LogP) is 6.91. The van der Waals surface area contributed by atoms with Crippen molar-refractivity contribution in [3.8, 4) is 0 Å². The van der Waals surface area contributed by atoms with Crippen molar-refractivity contribution in [2.75, 3.05) is 13.2 Å². The van der Waals surface area contributed by atoms with Gasteiger partial charge in [-0.05, 0) is 25.7 Å². The summed E-state index contributed by atoms with van der Waals surface area (Å²) in [6.45, 7) is 4.04. The fourth-order valence-corrected chi connectivity index (χ4v) is 3.88. The molecule has 0 heterocycles. The highest BCUT2D eigenvalue weighted by molar-refractivity contribution is 5.71. The summed E-state index contributed by atoms with van der Waals surface area (Å²) >= 11 is 0. The number of hydrogen-bond acceptors (Lipinski definition) is 7. The van der Waals surface area contributed by atoms with Crippen LogP contribution in [-0.4, -0.2) is 48.3 Å². The van der Waals surface area contributed by atoms with E-state index >= 15 is 0 Å². The van der Waals surface area contributed by atoms with E-state index in [1.807, 2.05) is 0 Å². The summed E-state index contributed by atoms with van der Waals surface area (Å²) in [7, 11) is 0. The lowest BCUT2D eigenvalue weighted by atomic mass is 10.1. The second-order valence-corrected chi connectivity index (χ2v) is 9.82. The molecule has 0 aliphatic rings. The predicted molar refractivity (Wildman–Crippen MR) is 143 cm³/mol. The van der Waals surface area contributed by atoms with Crippen LogP contribution in [0.5, 0.6) is 0 Å². The molecule has 0 rings (SSSR count). The Bertz CT molecular complexity index is 575. The highest BCUT2D eigenvalue weighted by Crippen LogP contribution is 2.11. The molecule has 216 valence electrons. The molecule has 0 bridgehead atoms. The fraction of sp³-hybridized carbons (Fsp3) is 0.862. The van der Waals surface area contributed by atoms with Gasteiger partial charge < -0.3 is 19.3 Å². The summed E-state index contributed by atoms with van der Waals surface area (Å²) in [5, 5.41) is 8.65. The molecule has 0 unspecified atom stereocenters. The van der Waals surface area contributed by atoms with Crippen LogP contribution in [0.2, 0.25) is 0 Å². The van der Waals surface area contributed by atoms with Crippen LogP contribution >= 0.6 is 0 Å². The Morgan fingerprint density at radius 3 is 1.27 bits per heavy atom. The van der Waals surface area contributed by atoms with Gasteiger partial charge in [0.1, 0.15) is 13.2 Å². The maximum atomic E-state index is 12.3. The van der Waals surface area contributed by atoms with Gasteiger partial charge in [0.25, 0.3) is 0 Å². The van der Waals surface area contributed by atoms with E-state index in [9.17, 15) is 19.2 Å². The molecular formula is C29H52O8. The van der Waals surface area contributed by atoms with Crippen LogP contribution in [0.3, 0.4) is 0 Å². The highest BCUT2D eigenvalue weighted by atomic mass is 16.6. The van der Waals surface area contributed by atoms with Crippen LogP contribution in [-0.2, 0) is 33.4 Å². The number of carbonyl (C=O) groups excluding carboxylic acids is 3. The minimum Gasteiger partial charge on any atom is -0.481 e. The molecule has 0 radical (unpaired) electrons. The number of carbonyl (C=O) groups is 4. The summed E-state index contributed by atoms with van der Waals surface area (Å²) in [6, 6.07) is 0. The molecule has 0 saturated heterocycles. The SMILES string of the molecule is CCCCCCCC(=O)OCC(COC(=O)CCCCCCC)OC(=O)CCCCCCCCC(=O)O. The Kier molecular flexibility index (Phi) is 24.1. The number of carboxylic acids is 1. The highest BCUT2D eigenvalue weighted by Gasteiger charge is 2.19. The van der Waals surface area contributed by atoms with E-state index in [0.717, 1.165) is 89.9 Å². The van der Waals surface area contributed by atoms with Crippen LogP contribution in [0.25, 0.3) is 0 Å². The van der Waals surface area contributed by atoms with Crippen LogP contribution < -0.4 is 0 Å². The molecule has 0 saturated carbocycles. The van der Waals surface area contributed by atoms with Gasteiger partial charge in [0, 0.05) is 25.7 Å². The van der Waals surface area contributed by atoms with Crippen molar-refractivity contribution in [1.29, 1.82) is 0 Å². The maximum Gasteiger partial charge on any atom is 0.306 e. The zero-order valence-corrected chi connectivity index (χ0v) is 23.4. The first-order chi connectivity index (χ1) is 17.9. The standard InChI is InChI=1S/C29H52O8/c1-3-5-7-11-16-20-27(32)35-23-25(24-36-28(33)21-17-12-8-6-4-2)37-29(34)22-18-14-10-9-13-15-19-26(30)31/h25H,3-24H2,1-2H3,(H,30,31). The Balaban J connectivity index is 4.36. The van der Waals surface area contributed by atoms with Gasteiger partial charge >= 0.3 is 23.9 Å². The molecule has 0 atom stereocenters. The van der Waals surface area contributed by atoms with Crippen LogP contribution in [0, 0.1) is 0 Å². The molecule has 0 fully saturated rings. The Morgan fingerprint density at radius 1 is 0.514 bits per heavy atom. The molecule has 0 aromatic rings. The second-order valence-electron chi connectivity index (χ2n) is 9.82. The first-order valence-corrected chi connectivity index (χ1v) is 14.6. The molecule has 0 aromatic carbocycles. The summed E-state index contributed by atoms with van der Waals surface area (Å²) in [6.07, 6.45) is 15.5. The van der Waals surface area contributed by atoms with E-state index in [1.54, 1.807) is 0 Å². The largest absolute Gasteiger partial charge is 0.481 e. The van der Waals surface area contributed by atoms with Gasteiger partial charge in [-0.1, -0.05) is 90.9 Å². The third-order valence-electron chi connectivity index (χ3n) is 6.15. The number of esters is 3. The minimum absolute atomic E-state index is 0.118. The van der Waals surface area contributed by atoms with Crippen molar-refractivity contribution in [3.05, 3.63) is 0 Å². The second kappa shape index (κ2) is 25.5. The molecule has 1 N–H and O–H groups in total. The van der Waals surface area contributed by atoms with E-state index in [2.05, 4.69) is 13.8 Å². The number of aliphatic carboxylic acids is 1. The molecule has 0 amide bonds. The van der Waals surface area contributed by atoms with Crippen LogP contribution in [0.4, 0.5) is 0 Å². The third kappa shape index (κ3) is 25.3. The van der Waals surface area contributed by atoms with Crippen molar-refractivity contribution in [1.82, 2.24) is 0 Å². The maximum absolute atomic E-state index is 12.3. The molecule has 0 spiro atoms. The Labute approximate surface area is 224 Å². The van der Waals surface area contributed by atoms with Gasteiger partial charge in [0.15, 0.2) is 6.10 Å². The molecule has 0 aromatic heterocycles. The van der Waals surface area contributed by atoms with Crippen molar-refractivity contribution in [2.45, 2.75) is 148 Å². The molecular weight excluding hydrogens is 476 g/mol. The lowest BCUT2D eigenvalue weighted by Crippen LogP contribution is -2.30. The van der Waals surface area contributed by atoms with Gasteiger partial charge in [-0.2, -0.15) is 0 Å². The minimum atomic E-state index is -0.809. The van der Waals surface area contributed by atoms with Gasteiger partial charge in [0.2, 0.25) is 0 Å². The fourth-order valence-electron chi connectivity index (χ4n) is 3.88. The third-order valence-corrected chi connectivity index (χ3v) is 6.15. The molecule has 37 heavy (non-hydrogen) atoms. The van der Waals surface area contributed by atoms with Gasteiger partial charge in [-0.15, -0.1) is 0 Å². The molecule has 0 aliphatic heterocycles. The Morgan fingerprint density at radius 2 is 0.865 bits per heavy atom. The average Bonchev–Trinajstić information content (AvgIpc) is 2.86. The normalized spacial score (nSPS) is 10.9. The first-order valence-electron chi connectivity index (χ1n) is 14.6. The lowest BCUT2D eigenvalue weighted by molar-refractivity contribution is -0.167. The molecule has 8 nitrogen and oxygen atoms in total. The zero-order valence-electron chi connectivity index (χ0n) is 23.4. The quantitative estimate of drug-likeness (QED) is 0.0731. The van der Waals surface area contributed by atoms with Crippen molar-refractivity contribution in [3.63, 3.8) is 0 Å². The molecule has 0 aliphatic carbocycles. The van der Waals surface area contributed by atoms with E-state index in [1.165, 1.54) is 0 Å². The number of carboxylic acid groups (broad SMARTS) is 1. The summed E-state index contributed by atoms with van der Waals surface area (Å²) in [4.78, 5) is 47.0. The summed E-state index contributed by atoms with van der Waals surface area (Å²) in [5.74, 6) is -1.83. The van der Waals surface area contributed by atoms with Gasteiger partial charge in [-0.3, -0.25) is 19.2 Å². The monoisotopic (exact) mass is 528 g/mol. The van der Waals surface area contributed by atoms with E-state index in [4.69, 9.17) is 19.3 Å². The van der Waals surface area contributed by atoms with Crippen molar-refractivity contribution >= 4 is 23.9 Å². The topological polar surface area (TPSA) is 116 Å². The first kappa shape index (κ1) is 34.9. The number of rotatable bonds is 26. The van der Waals surface area contributed by atoms with E-state index < -0.39 is 18.0 Å². The lowest BCUT2D eigenvalue weighted by Gasteiger charge is -2.18. The van der Waals surface area contributed by atoms with E-state index in [0.29, 0.717) is 25.7 Å². The summed E-state index contributed by atoms with van der Waals surface area (Å²) < 4.78 is 16.1.